The van der Waals surface area contributed by atoms with Gasteiger partial charge >= 0.3 is 0 Å². The van der Waals surface area contributed by atoms with Gasteiger partial charge in [0.05, 0.1) is 12.6 Å². The lowest BCUT2D eigenvalue weighted by Gasteiger charge is -2.30. The molecule has 0 amide bonds. The molecular weight excluding hydrogens is 340 g/mol. The van der Waals surface area contributed by atoms with E-state index in [2.05, 4.69) is 15.4 Å². The quantitative estimate of drug-likeness (QED) is 0.724. The number of fused-ring (bicyclic) bond motifs is 5. The molecule has 1 atom stereocenters. The van der Waals surface area contributed by atoms with Crippen LogP contribution >= 0.6 is 0 Å². The van der Waals surface area contributed by atoms with Crippen molar-refractivity contribution in [2.45, 2.75) is 6.04 Å². The highest BCUT2D eigenvalue weighted by atomic mass is 16.5. The maximum Gasteiger partial charge on any atom is 0.144 e. The van der Waals surface area contributed by atoms with E-state index in [1.807, 2.05) is 42.5 Å². The van der Waals surface area contributed by atoms with E-state index in [1.165, 1.54) is 0 Å². The van der Waals surface area contributed by atoms with Crippen LogP contribution < -0.4 is 15.0 Å². The molecule has 0 saturated carbocycles. The van der Waals surface area contributed by atoms with Gasteiger partial charge in [0.15, 0.2) is 0 Å². The van der Waals surface area contributed by atoms with Crippen molar-refractivity contribution in [3.63, 3.8) is 0 Å². The Morgan fingerprint density at radius 1 is 1.19 bits per heavy atom. The number of anilines is 1. The second-order valence-corrected chi connectivity index (χ2v) is 6.94. The maximum atomic E-state index is 11.9. The smallest absolute Gasteiger partial charge is 0.144 e. The third kappa shape index (κ3) is 2.40. The molecule has 1 unspecified atom stereocenters. The summed E-state index contributed by atoms with van der Waals surface area (Å²) in [5.41, 5.74) is 4.83. The van der Waals surface area contributed by atoms with Crippen LogP contribution in [0.25, 0.3) is 22.0 Å². The van der Waals surface area contributed by atoms with Crippen LogP contribution in [0.1, 0.15) is 17.2 Å². The number of pyridine rings is 1. The van der Waals surface area contributed by atoms with Gasteiger partial charge in [0.25, 0.3) is 0 Å². The summed E-state index contributed by atoms with van der Waals surface area (Å²) in [6, 6.07) is 13.4. The number of para-hydroxylation sites is 1. The summed E-state index contributed by atoms with van der Waals surface area (Å²) in [6.07, 6.45) is 0. The Hall–Kier alpha value is -2.99. The van der Waals surface area contributed by atoms with Gasteiger partial charge in [0.1, 0.15) is 17.6 Å². The van der Waals surface area contributed by atoms with E-state index < -0.39 is 6.04 Å². The molecule has 2 aliphatic rings. The zero-order valence-electron chi connectivity index (χ0n) is 15.1. The van der Waals surface area contributed by atoms with Gasteiger partial charge in [-0.1, -0.05) is 29.4 Å². The molecule has 1 aliphatic heterocycles. The van der Waals surface area contributed by atoms with Gasteiger partial charge in [-0.25, -0.2) is 4.98 Å². The Kier molecular flexibility index (Phi) is 3.79. The molecule has 6 nitrogen and oxygen atoms in total. The highest BCUT2D eigenvalue weighted by Crippen LogP contribution is 2.52. The Morgan fingerprint density at radius 2 is 2.00 bits per heavy atom. The number of methoxy groups -OCH3 is 1. The summed E-state index contributed by atoms with van der Waals surface area (Å²) < 4.78 is 5.39. The molecule has 6 heteroatoms. The average molecular weight is 360 g/mol. The zero-order valence-corrected chi connectivity index (χ0v) is 15.1. The van der Waals surface area contributed by atoms with E-state index in [4.69, 9.17) is 9.72 Å². The number of hydrogen-bond donors (Lipinski definition) is 1. The molecule has 0 bridgehead atoms. The van der Waals surface area contributed by atoms with Gasteiger partial charge in [-0.3, -0.25) is 0 Å². The van der Waals surface area contributed by atoms with Gasteiger partial charge < -0.3 is 15.0 Å². The summed E-state index contributed by atoms with van der Waals surface area (Å²) in [5.74, 6) is 1.68. The van der Waals surface area contributed by atoms with Crippen molar-refractivity contribution >= 4 is 16.7 Å². The van der Waals surface area contributed by atoms with Crippen molar-refractivity contribution in [2.24, 2.45) is 5.18 Å². The molecule has 1 saturated heterocycles. The highest BCUT2D eigenvalue weighted by Gasteiger charge is 2.36. The Balaban J connectivity index is 1.84. The van der Waals surface area contributed by atoms with Crippen LogP contribution in [-0.2, 0) is 0 Å². The summed E-state index contributed by atoms with van der Waals surface area (Å²) >= 11 is 0. The van der Waals surface area contributed by atoms with Crippen LogP contribution in [0.5, 0.6) is 5.75 Å². The first kappa shape index (κ1) is 16.2. The topological polar surface area (TPSA) is 66.8 Å². The number of hydrogen-bond acceptors (Lipinski definition) is 6. The largest absolute Gasteiger partial charge is 0.497 e. The van der Waals surface area contributed by atoms with Crippen molar-refractivity contribution in [3.05, 3.63) is 58.5 Å². The van der Waals surface area contributed by atoms with E-state index in [0.29, 0.717) is 0 Å². The summed E-state index contributed by atoms with van der Waals surface area (Å²) in [6.45, 7) is 3.63. The zero-order chi connectivity index (χ0) is 18.4. The molecule has 5 rings (SSSR count). The molecule has 3 aromatic rings. The van der Waals surface area contributed by atoms with Crippen LogP contribution in [0.15, 0.2) is 47.6 Å². The molecule has 2 heterocycles. The predicted molar refractivity (Wildman–Crippen MR) is 106 cm³/mol. The fourth-order valence-corrected chi connectivity index (χ4v) is 4.27. The van der Waals surface area contributed by atoms with E-state index in [0.717, 1.165) is 70.9 Å². The van der Waals surface area contributed by atoms with Gasteiger partial charge in [0, 0.05) is 42.7 Å². The second-order valence-electron chi connectivity index (χ2n) is 6.94. The second kappa shape index (κ2) is 6.32. The number of ether oxygens (including phenoxy) is 1. The van der Waals surface area contributed by atoms with E-state index in [9.17, 15) is 4.91 Å². The number of benzene rings is 2. The molecular formula is C21H20N4O2. The first-order chi connectivity index (χ1) is 13.3. The fraction of sp³-hybridized carbons (Fsp3) is 0.286. The van der Waals surface area contributed by atoms with E-state index >= 15 is 0 Å². The normalized spacial score (nSPS) is 18.3. The number of nitrogens with one attached hydrogen (secondary N) is 1. The van der Waals surface area contributed by atoms with Crippen LogP contribution in [0.2, 0.25) is 0 Å². The summed E-state index contributed by atoms with van der Waals surface area (Å²) in [4.78, 5) is 19.2. The molecule has 136 valence electrons. The predicted octanol–water partition coefficient (Wildman–Crippen LogP) is 3.49. The molecule has 2 aromatic carbocycles. The van der Waals surface area contributed by atoms with Crippen LogP contribution in [0.3, 0.4) is 0 Å². The van der Waals surface area contributed by atoms with Crippen molar-refractivity contribution in [3.8, 4) is 16.9 Å². The number of piperazine rings is 1. The van der Waals surface area contributed by atoms with Gasteiger partial charge in [-0.15, -0.1) is 4.91 Å². The van der Waals surface area contributed by atoms with Gasteiger partial charge in [-0.2, -0.15) is 0 Å². The lowest BCUT2D eigenvalue weighted by molar-refractivity contribution is 0.414. The maximum absolute atomic E-state index is 11.9. The van der Waals surface area contributed by atoms with Crippen molar-refractivity contribution in [1.29, 1.82) is 0 Å². The SMILES string of the molecule is COc1ccc2c(c1)C(N=O)c1c-2c(N2CCNCC2)nc2ccccc12. The van der Waals surface area contributed by atoms with Crippen molar-refractivity contribution < 1.29 is 4.74 Å². The molecule has 1 aromatic heterocycles. The molecule has 1 N–H and O–H groups in total. The minimum atomic E-state index is -0.542. The first-order valence-electron chi connectivity index (χ1n) is 9.21. The number of nitrogens with zero attached hydrogens (tertiary/aromatic N) is 3. The Labute approximate surface area is 157 Å². The first-order valence-corrected chi connectivity index (χ1v) is 9.21. The van der Waals surface area contributed by atoms with Crippen LogP contribution in [0.4, 0.5) is 5.82 Å². The lowest BCUT2D eigenvalue weighted by Crippen LogP contribution is -2.44. The third-order valence-electron chi connectivity index (χ3n) is 5.53. The fourth-order valence-electron chi connectivity index (χ4n) is 4.27. The molecule has 1 aliphatic carbocycles. The molecule has 0 radical (unpaired) electrons. The Bertz CT molecular complexity index is 1040. The minimum absolute atomic E-state index is 0.542. The van der Waals surface area contributed by atoms with E-state index in [-0.39, 0.29) is 0 Å². The third-order valence-corrected chi connectivity index (χ3v) is 5.53. The minimum Gasteiger partial charge on any atom is -0.497 e. The van der Waals surface area contributed by atoms with Crippen LogP contribution in [0, 0.1) is 4.91 Å². The standard InChI is InChI=1S/C21H20N4O2/c1-27-13-6-7-14-16(12-13)20(24-26)18-15-4-2-3-5-17(15)23-21(19(14)18)25-10-8-22-9-11-25/h2-7,12,20,22H,8-11H2,1H3. The van der Waals surface area contributed by atoms with Crippen molar-refractivity contribution in [2.75, 3.05) is 38.2 Å². The molecule has 27 heavy (non-hydrogen) atoms. The molecule has 0 spiro atoms. The number of aromatic nitrogens is 1. The Morgan fingerprint density at radius 3 is 2.78 bits per heavy atom. The molecule has 1 fully saturated rings. The van der Waals surface area contributed by atoms with Crippen molar-refractivity contribution in [1.82, 2.24) is 10.3 Å². The lowest BCUT2D eigenvalue weighted by atomic mass is 10.00. The summed E-state index contributed by atoms with van der Waals surface area (Å²) in [7, 11) is 1.64. The van der Waals surface area contributed by atoms with Gasteiger partial charge in [0.2, 0.25) is 0 Å². The van der Waals surface area contributed by atoms with E-state index in [1.54, 1.807) is 7.11 Å². The monoisotopic (exact) mass is 360 g/mol. The number of rotatable bonds is 3. The average Bonchev–Trinajstić information content (AvgIpc) is 3.07. The number of nitroso groups, excluding NO2 is 1. The van der Waals surface area contributed by atoms with Gasteiger partial charge in [-0.05, 0) is 29.3 Å². The van der Waals surface area contributed by atoms with Crippen LogP contribution in [-0.4, -0.2) is 38.3 Å². The highest BCUT2D eigenvalue weighted by molar-refractivity contribution is 5.99. The summed E-state index contributed by atoms with van der Waals surface area (Å²) in [5, 5.41) is 7.90.